The Hall–Kier alpha value is -1.43. The van der Waals surface area contributed by atoms with Crippen LogP contribution in [0.1, 0.15) is 30.0 Å². The highest BCUT2D eigenvalue weighted by Gasteiger charge is 2.31. The second-order valence-corrected chi connectivity index (χ2v) is 6.10. The van der Waals surface area contributed by atoms with Gasteiger partial charge in [0, 0.05) is 32.0 Å². The van der Waals surface area contributed by atoms with Crippen molar-refractivity contribution in [2.75, 3.05) is 19.6 Å². The summed E-state index contributed by atoms with van der Waals surface area (Å²) >= 11 is 1.64. The second kappa shape index (κ2) is 7.72. The highest BCUT2D eigenvalue weighted by atomic mass is 35.5. The maximum atomic E-state index is 12.9. The number of piperazine rings is 1. The number of amides is 1. The number of thiophene rings is 1. The van der Waals surface area contributed by atoms with Gasteiger partial charge in [0.15, 0.2) is 0 Å². The van der Waals surface area contributed by atoms with E-state index in [0.29, 0.717) is 0 Å². The van der Waals surface area contributed by atoms with Crippen molar-refractivity contribution in [3.63, 3.8) is 0 Å². The molecule has 4 nitrogen and oxygen atoms in total. The van der Waals surface area contributed by atoms with E-state index < -0.39 is 0 Å². The Labute approximate surface area is 141 Å². The number of rotatable bonds is 3. The lowest BCUT2D eigenvalue weighted by Crippen LogP contribution is -2.49. The van der Waals surface area contributed by atoms with Crippen molar-refractivity contribution in [3.8, 4) is 0 Å². The smallest absolute Gasteiger partial charge is 0.230 e. The van der Waals surface area contributed by atoms with Crippen LogP contribution in [0, 0.1) is 0 Å². The van der Waals surface area contributed by atoms with Gasteiger partial charge in [-0.05, 0) is 40.9 Å². The van der Waals surface area contributed by atoms with E-state index in [1.807, 2.05) is 41.6 Å². The van der Waals surface area contributed by atoms with Gasteiger partial charge in [0.1, 0.15) is 0 Å². The minimum absolute atomic E-state index is 0. The average molecular weight is 338 g/mol. The summed E-state index contributed by atoms with van der Waals surface area (Å²) in [5.41, 5.74) is 2.20. The van der Waals surface area contributed by atoms with E-state index in [-0.39, 0.29) is 30.3 Å². The number of halogens is 1. The van der Waals surface area contributed by atoms with Crippen LogP contribution in [0.25, 0.3) is 0 Å². The van der Waals surface area contributed by atoms with Crippen LogP contribution in [0.2, 0.25) is 0 Å². The lowest BCUT2D eigenvalue weighted by Gasteiger charge is -2.37. The molecule has 22 heavy (non-hydrogen) atoms. The van der Waals surface area contributed by atoms with Gasteiger partial charge in [0.05, 0.1) is 12.0 Å². The van der Waals surface area contributed by atoms with Gasteiger partial charge in [0.2, 0.25) is 5.91 Å². The van der Waals surface area contributed by atoms with Crippen LogP contribution in [0.5, 0.6) is 0 Å². The summed E-state index contributed by atoms with van der Waals surface area (Å²) in [7, 11) is 0. The van der Waals surface area contributed by atoms with Gasteiger partial charge in [-0.25, -0.2) is 0 Å². The Morgan fingerprint density at radius 1 is 1.50 bits per heavy atom. The minimum atomic E-state index is -0.0893. The second-order valence-electron chi connectivity index (χ2n) is 5.32. The molecular formula is C16H20ClN3OS. The Bertz CT molecular complexity index is 591. The Morgan fingerprint density at radius 3 is 3.05 bits per heavy atom. The zero-order valence-electron chi connectivity index (χ0n) is 12.4. The number of carbonyl (C=O) groups excluding carboxylic acids is 1. The number of aromatic nitrogens is 1. The Morgan fingerprint density at radius 2 is 2.36 bits per heavy atom. The van der Waals surface area contributed by atoms with Gasteiger partial charge < -0.3 is 10.2 Å². The number of carbonyl (C=O) groups is 1. The molecule has 3 rings (SSSR count). The molecule has 0 spiro atoms. The number of nitrogens with one attached hydrogen (secondary N) is 1. The van der Waals surface area contributed by atoms with Crippen LogP contribution in [0.4, 0.5) is 0 Å². The molecule has 3 heterocycles. The van der Waals surface area contributed by atoms with Gasteiger partial charge in [-0.2, -0.15) is 11.3 Å². The third kappa shape index (κ3) is 3.48. The molecule has 2 aromatic heterocycles. The van der Waals surface area contributed by atoms with Gasteiger partial charge in [-0.1, -0.05) is 6.07 Å². The Kier molecular flexibility index (Phi) is 5.94. The van der Waals surface area contributed by atoms with Crippen LogP contribution < -0.4 is 5.32 Å². The average Bonchev–Trinajstić information content (AvgIpc) is 3.09. The summed E-state index contributed by atoms with van der Waals surface area (Å²) in [4.78, 5) is 19.0. The summed E-state index contributed by atoms with van der Waals surface area (Å²) in [6, 6.07) is 6.07. The molecule has 1 aliphatic heterocycles. The summed E-state index contributed by atoms with van der Waals surface area (Å²) in [5.74, 6) is 0.109. The first-order chi connectivity index (χ1) is 10.3. The van der Waals surface area contributed by atoms with E-state index >= 15 is 0 Å². The fourth-order valence-corrected chi connectivity index (χ4v) is 3.51. The first-order valence-electron chi connectivity index (χ1n) is 7.20. The van der Waals surface area contributed by atoms with Crippen molar-refractivity contribution in [2.24, 2.45) is 0 Å². The molecule has 0 saturated carbocycles. The van der Waals surface area contributed by atoms with Crippen LogP contribution in [-0.2, 0) is 4.79 Å². The van der Waals surface area contributed by atoms with Gasteiger partial charge in [-0.15, -0.1) is 12.4 Å². The molecule has 1 N–H and O–H groups in total. The molecule has 0 radical (unpaired) electrons. The van der Waals surface area contributed by atoms with Crippen molar-refractivity contribution in [2.45, 2.75) is 18.9 Å². The first-order valence-corrected chi connectivity index (χ1v) is 8.15. The summed E-state index contributed by atoms with van der Waals surface area (Å²) in [6.45, 7) is 4.37. The van der Waals surface area contributed by atoms with Gasteiger partial charge in [-0.3, -0.25) is 9.78 Å². The van der Waals surface area contributed by atoms with E-state index in [2.05, 4.69) is 15.7 Å². The van der Waals surface area contributed by atoms with Gasteiger partial charge in [0.25, 0.3) is 0 Å². The molecule has 118 valence electrons. The summed E-state index contributed by atoms with van der Waals surface area (Å²) in [5, 5.41) is 7.45. The molecule has 2 aromatic rings. The summed E-state index contributed by atoms with van der Waals surface area (Å²) in [6.07, 6.45) is 3.62. The normalized spacial score (nSPS) is 19.3. The van der Waals surface area contributed by atoms with Crippen LogP contribution >= 0.6 is 23.7 Å². The van der Waals surface area contributed by atoms with Crippen molar-refractivity contribution in [1.29, 1.82) is 0 Å². The van der Waals surface area contributed by atoms with E-state index in [0.717, 1.165) is 30.8 Å². The van der Waals surface area contributed by atoms with Crippen molar-refractivity contribution >= 4 is 29.7 Å². The molecule has 6 heteroatoms. The zero-order chi connectivity index (χ0) is 14.7. The van der Waals surface area contributed by atoms with Crippen molar-refractivity contribution < 1.29 is 4.79 Å². The molecule has 1 amide bonds. The molecule has 1 aliphatic rings. The van der Waals surface area contributed by atoms with E-state index in [1.165, 1.54) is 0 Å². The van der Waals surface area contributed by atoms with Crippen LogP contribution in [0.15, 0.2) is 41.4 Å². The molecule has 0 aliphatic carbocycles. The number of pyridine rings is 1. The maximum Gasteiger partial charge on any atom is 0.230 e. The number of nitrogens with zero attached hydrogens (tertiary/aromatic N) is 2. The van der Waals surface area contributed by atoms with Crippen LogP contribution in [-0.4, -0.2) is 35.4 Å². The molecule has 0 aromatic carbocycles. The quantitative estimate of drug-likeness (QED) is 0.936. The lowest BCUT2D eigenvalue weighted by molar-refractivity contribution is -0.135. The zero-order valence-corrected chi connectivity index (χ0v) is 14.1. The predicted molar refractivity (Wildman–Crippen MR) is 91.5 cm³/mol. The van der Waals surface area contributed by atoms with Crippen LogP contribution in [0.3, 0.4) is 0 Å². The van der Waals surface area contributed by atoms with E-state index in [4.69, 9.17) is 0 Å². The lowest BCUT2D eigenvalue weighted by atomic mass is 9.99. The molecule has 1 saturated heterocycles. The molecule has 2 unspecified atom stereocenters. The SMILES string of the molecule is CC(C(=O)N1CCNCC1c1cccnc1)c1ccsc1.Cl. The molecular weight excluding hydrogens is 318 g/mol. The highest BCUT2D eigenvalue weighted by Crippen LogP contribution is 2.27. The third-order valence-corrected chi connectivity index (χ3v) is 4.71. The molecule has 0 bridgehead atoms. The predicted octanol–water partition coefficient (Wildman–Crippen LogP) is 2.84. The monoisotopic (exact) mass is 337 g/mol. The van der Waals surface area contributed by atoms with Gasteiger partial charge >= 0.3 is 0 Å². The van der Waals surface area contributed by atoms with E-state index in [1.54, 1.807) is 17.5 Å². The first kappa shape index (κ1) is 16.9. The molecule has 1 fully saturated rings. The van der Waals surface area contributed by atoms with Crippen molar-refractivity contribution in [1.82, 2.24) is 15.2 Å². The highest BCUT2D eigenvalue weighted by molar-refractivity contribution is 7.08. The molecule has 2 atom stereocenters. The Balaban J connectivity index is 0.00000176. The third-order valence-electron chi connectivity index (χ3n) is 4.01. The fraction of sp³-hybridized carbons (Fsp3) is 0.375. The fourth-order valence-electron chi connectivity index (χ4n) is 2.75. The minimum Gasteiger partial charge on any atom is -0.333 e. The topological polar surface area (TPSA) is 45.2 Å². The number of hydrogen-bond donors (Lipinski definition) is 1. The largest absolute Gasteiger partial charge is 0.333 e. The maximum absolute atomic E-state index is 12.9. The van der Waals surface area contributed by atoms with Crippen molar-refractivity contribution in [3.05, 3.63) is 52.5 Å². The summed E-state index contributed by atoms with van der Waals surface area (Å²) < 4.78 is 0. The number of hydrogen-bond acceptors (Lipinski definition) is 4. The standard InChI is InChI=1S/C16H19N3OS.ClH/c1-12(14-4-8-21-11-14)16(20)19-7-6-18-10-15(19)13-3-2-5-17-9-13;/h2-5,8-9,11-12,15,18H,6-7,10H2,1H3;1H. The van der Waals surface area contributed by atoms with E-state index in [9.17, 15) is 4.79 Å².